The van der Waals surface area contributed by atoms with Gasteiger partial charge < -0.3 is 10.4 Å². The molecule has 0 bridgehead atoms. The van der Waals surface area contributed by atoms with Crippen LogP contribution in [0.25, 0.3) is 0 Å². The molecule has 2 aromatic heterocycles. The van der Waals surface area contributed by atoms with E-state index in [0.717, 1.165) is 22.0 Å². The zero-order valence-electron chi connectivity index (χ0n) is 22.6. The van der Waals surface area contributed by atoms with Crippen LogP contribution in [0, 0.1) is 12.8 Å². The van der Waals surface area contributed by atoms with Crippen molar-refractivity contribution in [1.29, 1.82) is 0 Å². The number of alkyl halides is 3. The Hall–Kier alpha value is -4.13. The molecule has 2 aromatic carbocycles. The van der Waals surface area contributed by atoms with Crippen LogP contribution in [0.5, 0.6) is 0 Å². The molecular formula is C30H29F3N4O4S. The normalized spacial score (nSPS) is 13.5. The van der Waals surface area contributed by atoms with Crippen LogP contribution in [-0.2, 0) is 34.1 Å². The highest BCUT2D eigenvalue weighted by Crippen LogP contribution is 2.32. The van der Waals surface area contributed by atoms with Gasteiger partial charge in [-0.25, -0.2) is 8.42 Å². The highest BCUT2D eigenvalue weighted by Gasteiger charge is 2.37. The number of carboxylic acid groups (broad SMARTS) is 1. The molecule has 42 heavy (non-hydrogen) atoms. The molecule has 0 saturated heterocycles. The van der Waals surface area contributed by atoms with E-state index < -0.39 is 46.2 Å². The van der Waals surface area contributed by atoms with Crippen molar-refractivity contribution < 1.29 is 31.5 Å². The Balaban J connectivity index is 1.75. The number of benzene rings is 2. The summed E-state index contributed by atoms with van der Waals surface area (Å²) in [6.07, 6.45) is -1.52. The van der Waals surface area contributed by atoms with E-state index in [1.54, 1.807) is 54.7 Å². The summed E-state index contributed by atoms with van der Waals surface area (Å²) in [5.41, 5.74) is 1.16. The number of carbonyl (C=O) groups is 1. The number of carboxylic acids is 1. The van der Waals surface area contributed by atoms with Crippen LogP contribution in [-0.4, -0.2) is 40.3 Å². The number of nitrogens with one attached hydrogen (secondary N) is 1. The molecule has 8 nitrogen and oxygen atoms in total. The molecule has 0 saturated carbocycles. The van der Waals surface area contributed by atoms with E-state index in [2.05, 4.69) is 15.3 Å². The van der Waals surface area contributed by atoms with Crippen LogP contribution in [0.3, 0.4) is 0 Å². The topological polar surface area (TPSA) is 112 Å². The predicted molar refractivity (Wildman–Crippen MR) is 149 cm³/mol. The summed E-state index contributed by atoms with van der Waals surface area (Å²) in [6.45, 7) is 1.18. The number of nitrogens with zero attached hydrogens (tertiary/aromatic N) is 3. The molecule has 0 amide bonds. The average molecular weight is 599 g/mol. The fourth-order valence-corrected chi connectivity index (χ4v) is 5.85. The van der Waals surface area contributed by atoms with Gasteiger partial charge in [-0.3, -0.25) is 14.8 Å². The van der Waals surface area contributed by atoms with Crippen molar-refractivity contribution in [3.05, 3.63) is 125 Å². The van der Waals surface area contributed by atoms with Crippen molar-refractivity contribution in [1.82, 2.24) is 19.6 Å². The zero-order chi connectivity index (χ0) is 30.3. The molecule has 4 rings (SSSR count). The summed E-state index contributed by atoms with van der Waals surface area (Å²) in [4.78, 5) is 21.2. The first kappa shape index (κ1) is 30.8. The second-order valence-electron chi connectivity index (χ2n) is 9.68. The van der Waals surface area contributed by atoms with E-state index in [0.29, 0.717) is 11.4 Å². The molecule has 220 valence electrons. The number of aryl methyl sites for hydroxylation is 1. The van der Waals surface area contributed by atoms with Crippen molar-refractivity contribution >= 4 is 16.0 Å². The summed E-state index contributed by atoms with van der Waals surface area (Å²) in [5.74, 6) is -2.74. The van der Waals surface area contributed by atoms with Crippen LogP contribution in [0.2, 0.25) is 0 Å². The molecule has 0 fully saturated rings. The molecule has 0 aliphatic heterocycles. The van der Waals surface area contributed by atoms with E-state index in [4.69, 9.17) is 0 Å². The van der Waals surface area contributed by atoms with Crippen LogP contribution >= 0.6 is 0 Å². The molecular weight excluding hydrogens is 569 g/mol. The number of pyridine rings is 2. The minimum atomic E-state index is -4.58. The maximum absolute atomic E-state index is 13.8. The van der Waals surface area contributed by atoms with E-state index in [9.17, 15) is 31.5 Å². The molecule has 12 heteroatoms. The minimum absolute atomic E-state index is 0.0271. The van der Waals surface area contributed by atoms with Gasteiger partial charge in [-0.2, -0.15) is 17.5 Å². The number of aromatic nitrogens is 2. The average Bonchev–Trinajstić information content (AvgIpc) is 2.97. The first-order chi connectivity index (χ1) is 19.9. The number of sulfonamides is 1. The smallest absolute Gasteiger partial charge is 0.416 e. The highest BCUT2D eigenvalue weighted by atomic mass is 32.2. The van der Waals surface area contributed by atoms with Gasteiger partial charge in [0, 0.05) is 31.5 Å². The molecule has 2 heterocycles. The van der Waals surface area contributed by atoms with Gasteiger partial charge >= 0.3 is 12.1 Å². The lowest BCUT2D eigenvalue weighted by atomic mass is 9.91. The van der Waals surface area contributed by atoms with Crippen LogP contribution in [0.4, 0.5) is 13.2 Å². The van der Waals surface area contributed by atoms with Gasteiger partial charge in [0.1, 0.15) is 0 Å². The Bertz CT molecular complexity index is 1570. The van der Waals surface area contributed by atoms with Crippen molar-refractivity contribution in [2.24, 2.45) is 5.92 Å². The molecule has 2 atom stereocenters. The SMILES string of the molecule is Cc1ccc(S(=O)(=O)N(Cc2ccccn2)CC(C(=O)O)C(NCc2ccccn2)c2ccc(C(F)(F)F)cc2)cc1. The molecule has 0 aliphatic rings. The van der Waals surface area contributed by atoms with Gasteiger partial charge in [0.15, 0.2) is 0 Å². The summed E-state index contributed by atoms with van der Waals surface area (Å²) >= 11 is 0. The standard InChI is InChI=1S/C30H29F3N4O4S/c1-21-8-14-26(15-9-21)42(40,41)37(19-25-7-3-5-17-35-25)20-27(29(38)39)28(36-18-24-6-2-4-16-34-24)22-10-12-23(13-11-22)30(31,32)33/h2-17,27-28,36H,18-20H2,1H3,(H,38,39). The predicted octanol–water partition coefficient (Wildman–Crippen LogP) is 5.23. The van der Waals surface area contributed by atoms with Crippen LogP contribution < -0.4 is 5.32 Å². The zero-order valence-corrected chi connectivity index (χ0v) is 23.4. The number of hydrogen-bond donors (Lipinski definition) is 2. The monoisotopic (exact) mass is 598 g/mol. The Kier molecular flexibility index (Phi) is 9.71. The Labute approximate surface area is 241 Å². The molecule has 0 aliphatic carbocycles. The van der Waals surface area contributed by atoms with E-state index in [1.807, 2.05) is 6.92 Å². The van der Waals surface area contributed by atoms with Gasteiger partial charge in [-0.15, -0.1) is 0 Å². The summed E-state index contributed by atoms with van der Waals surface area (Å²) in [7, 11) is -4.21. The lowest BCUT2D eigenvalue weighted by Gasteiger charge is -2.31. The maximum atomic E-state index is 13.8. The molecule has 0 spiro atoms. The maximum Gasteiger partial charge on any atom is 0.416 e. The molecule has 2 unspecified atom stereocenters. The van der Waals surface area contributed by atoms with E-state index in [1.165, 1.54) is 30.5 Å². The molecule has 0 radical (unpaired) electrons. The Morgan fingerprint density at radius 3 is 2.02 bits per heavy atom. The van der Waals surface area contributed by atoms with Crippen molar-refractivity contribution in [2.75, 3.05) is 6.54 Å². The highest BCUT2D eigenvalue weighted by molar-refractivity contribution is 7.89. The Morgan fingerprint density at radius 1 is 0.905 bits per heavy atom. The molecule has 4 aromatic rings. The number of hydrogen-bond acceptors (Lipinski definition) is 6. The van der Waals surface area contributed by atoms with E-state index in [-0.39, 0.29) is 23.5 Å². The number of halogens is 3. The summed E-state index contributed by atoms with van der Waals surface area (Å²) in [5, 5.41) is 13.5. The van der Waals surface area contributed by atoms with Gasteiger partial charge in [-0.1, -0.05) is 42.0 Å². The summed E-state index contributed by atoms with van der Waals surface area (Å²) < 4.78 is 68.6. The first-order valence-electron chi connectivity index (χ1n) is 12.9. The second kappa shape index (κ2) is 13.2. The van der Waals surface area contributed by atoms with Crippen LogP contribution in [0.15, 0.2) is 102 Å². The first-order valence-corrected chi connectivity index (χ1v) is 14.4. The van der Waals surface area contributed by atoms with Crippen molar-refractivity contribution in [3.8, 4) is 0 Å². The fraction of sp³-hybridized carbons (Fsp3) is 0.233. The van der Waals surface area contributed by atoms with Crippen LogP contribution in [0.1, 0.15) is 34.1 Å². The van der Waals surface area contributed by atoms with Gasteiger partial charge in [-0.05, 0) is 61.0 Å². The van der Waals surface area contributed by atoms with Crippen molar-refractivity contribution in [2.45, 2.75) is 37.1 Å². The van der Waals surface area contributed by atoms with Gasteiger partial charge in [0.05, 0.1) is 34.3 Å². The number of rotatable bonds is 12. The second-order valence-corrected chi connectivity index (χ2v) is 11.6. The third-order valence-electron chi connectivity index (χ3n) is 6.67. The third kappa shape index (κ3) is 7.78. The summed E-state index contributed by atoms with van der Waals surface area (Å²) in [6, 6.07) is 19.4. The van der Waals surface area contributed by atoms with Gasteiger partial charge in [0.25, 0.3) is 0 Å². The van der Waals surface area contributed by atoms with Crippen molar-refractivity contribution in [3.63, 3.8) is 0 Å². The minimum Gasteiger partial charge on any atom is -0.481 e. The Morgan fingerprint density at radius 2 is 1.50 bits per heavy atom. The molecule has 2 N–H and O–H groups in total. The largest absolute Gasteiger partial charge is 0.481 e. The lowest BCUT2D eigenvalue weighted by Crippen LogP contribution is -2.43. The van der Waals surface area contributed by atoms with E-state index >= 15 is 0 Å². The lowest BCUT2D eigenvalue weighted by molar-refractivity contribution is -0.143. The number of aliphatic carboxylic acids is 1. The van der Waals surface area contributed by atoms with Gasteiger partial charge in [0.2, 0.25) is 10.0 Å². The quantitative estimate of drug-likeness (QED) is 0.230. The fourth-order valence-electron chi connectivity index (χ4n) is 4.41. The third-order valence-corrected chi connectivity index (χ3v) is 8.50.